The second kappa shape index (κ2) is 6.46. The summed E-state index contributed by atoms with van der Waals surface area (Å²) in [6.45, 7) is 4.04. The number of ether oxygens (including phenoxy) is 1. The van der Waals surface area contributed by atoms with Gasteiger partial charge in [-0.2, -0.15) is 0 Å². The number of aryl methyl sites for hydroxylation is 1. The van der Waals surface area contributed by atoms with Crippen LogP contribution >= 0.6 is 0 Å². The third-order valence-corrected chi connectivity index (χ3v) is 4.80. The first kappa shape index (κ1) is 17.1. The Bertz CT molecular complexity index is 975. The van der Waals surface area contributed by atoms with Gasteiger partial charge in [-0.05, 0) is 38.1 Å². The summed E-state index contributed by atoms with van der Waals surface area (Å²) in [7, 11) is 0. The highest BCUT2D eigenvalue weighted by Gasteiger charge is 2.51. The van der Waals surface area contributed by atoms with Crippen molar-refractivity contribution in [2.75, 3.05) is 13.2 Å². The van der Waals surface area contributed by atoms with Gasteiger partial charge in [0.05, 0.1) is 6.54 Å². The lowest BCUT2D eigenvalue weighted by Gasteiger charge is -2.19. The Kier molecular flexibility index (Phi) is 4.11. The number of carbonyl (C=O) groups excluding carboxylic acids is 2. The van der Waals surface area contributed by atoms with Crippen molar-refractivity contribution in [1.82, 2.24) is 10.2 Å². The second-order valence-corrected chi connectivity index (χ2v) is 6.82. The van der Waals surface area contributed by atoms with E-state index in [-0.39, 0.29) is 19.1 Å². The lowest BCUT2D eigenvalue weighted by atomic mass is 9.99. The van der Waals surface area contributed by atoms with E-state index >= 15 is 0 Å². The largest absolute Gasteiger partial charge is 0.492 e. The zero-order chi connectivity index (χ0) is 19.0. The molecule has 1 N–H and O–H groups in total. The number of fused-ring (bicyclic) bond motifs is 1. The van der Waals surface area contributed by atoms with Crippen LogP contribution in [0, 0.1) is 6.92 Å². The highest BCUT2D eigenvalue weighted by Crippen LogP contribution is 2.32. The number of furan rings is 1. The highest BCUT2D eigenvalue weighted by atomic mass is 16.5. The summed E-state index contributed by atoms with van der Waals surface area (Å²) in [5, 5.41) is 3.64. The molecular formula is C21H20N2O4. The number of rotatable bonds is 5. The van der Waals surface area contributed by atoms with Gasteiger partial charge in [-0.1, -0.05) is 35.9 Å². The first-order valence-corrected chi connectivity index (χ1v) is 8.80. The lowest BCUT2D eigenvalue weighted by molar-refractivity contribution is -0.131. The van der Waals surface area contributed by atoms with Crippen LogP contribution in [0.4, 0.5) is 4.79 Å². The van der Waals surface area contributed by atoms with Crippen molar-refractivity contribution in [3.8, 4) is 5.75 Å². The molecule has 6 heteroatoms. The topological polar surface area (TPSA) is 71.8 Å². The third kappa shape index (κ3) is 3.03. The molecule has 1 saturated heterocycles. The van der Waals surface area contributed by atoms with Gasteiger partial charge in [0.2, 0.25) is 0 Å². The van der Waals surface area contributed by atoms with Crippen LogP contribution in [0.5, 0.6) is 5.75 Å². The van der Waals surface area contributed by atoms with Crippen LogP contribution in [0.1, 0.15) is 18.2 Å². The number of para-hydroxylation sites is 1. The Morgan fingerprint density at radius 3 is 2.59 bits per heavy atom. The van der Waals surface area contributed by atoms with Crippen LogP contribution in [0.15, 0.2) is 59.0 Å². The molecule has 1 aliphatic rings. The van der Waals surface area contributed by atoms with E-state index in [9.17, 15) is 9.59 Å². The van der Waals surface area contributed by atoms with Crippen LogP contribution in [0.25, 0.3) is 11.0 Å². The number of nitrogens with one attached hydrogen (secondary N) is 1. The van der Waals surface area contributed by atoms with Crippen LogP contribution in [0.3, 0.4) is 0 Å². The van der Waals surface area contributed by atoms with Crippen LogP contribution in [-0.4, -0.2) is 30.0 Å². The van der Waals surface area contributed by atoms with Crippen molar-refractivity contribution in [1.29, 1.82) is 0 Å². The van der Waals surface area contributed by atoms with Crippen LogP contribution < -0.4 is 10.1 Å². The maximum atomic E-state index is 12.9. The third-order valence-electron chi connectivity index (χ3n) is 4.80. The smallest absolute Gasteiger partial charge is 0.325 e. The molecule has 0 bridgehead atoms. The quantitative estimate of drug-likeness (QED) is 0.703. The molecule has 138 valence electrons. The molecule has 27 heavy (non-hydrogen) atoms. The number of carbonyl (C=O) groups is 2. The molecule has 3 amide bonds. The van der Waals surface area contributed by atoms with Gasteiger partial charge in [-0.25, -0.2) is 4.79 Å². The van der Waals surface area contributed by atoms with Gasteiger partial charge >= 0.3 is 6.03 Å². The number of hydrogen-bond acceptors (Lipinski definition) is 4. The molecule has 6 nitrogen and oxygen atoms in total. The van der Waals surface area contributed by atoms with Crippen molar-refractivity contribution in [3.63, 3.8) is 0 Å². The summed E-state index contributed by atoms with van der Waals surface area (Å²) >= 11 is 0. The van der Waals surface area contributed by atoms with E-state index < -0.39 is 11.6 Å². The summed E-state index contributed by atoms with van der Waals surface area (Å²) in [6.07, 6.45) is 0. The summed E-state index contributed by atoms with van der Waals surface area (Å²) < 4.78 is 11.5. The molecule has 1 aliphatic heterocycles. The summed E-state index contributed by atoms with van der Waals surface area (Å²) in [4.78, 5) is 26.5. The summed E-state index contributed by atoms with van der Waals surface area (Å²) in [5.41, 5.74) is 0.593. The maximum Gasteiger partial charge on any atom is 0.325 e. The molecule has 0 radical (unpaired) electrons. The Morgan fingerprint density at radius 2 is 1.85 bits per heavy atom. The molecule has 0 spiro atoms. The maximum absolute atomic E-state index is 12.9. The van der Waals surface area contributed by atoms with E-state index in [4.69, 9.17) is 9.15 Å². The molecule has 2 heterocycles. The van der Waals surface area contributed by atoms with Crippen molar-refractivity contribution in [2.24, 2.45) is 0 Å². The zero-order valence-corrected chi connectivity index (χ0v) is 15.2. The monoisotopic (exact) mass is 364 g/mol. The molecular weight excluding hydrogens is 344 g/mol. The Hall–Kier alpha value is -3.28. The summed E-state index contributed by atoms with van der Waals surface area (Å²) in [5.74, 6) is 0.774. The molecule has 1 aromatic heterocycles. The Morgan fingerprint density at radius 1 is 1.11 bits per heavy atom. The van der Waals surface area contributed by atoms with Gasteiger partial charge in [-0.3, -0.25) is 9.69 Å². The van der Waals surface area contributed by atoms with E-state index in [1.54, 1.807) is 13.0 Å². The number of hydrogen-bond donors (Lipinski definition) is 1. The van der Waals surface area contributed by atoms with E-state index in [1.807, 2.05) is 55.5 Å². The molecule has 4 rings (SSSR count). The predicted molar refractivity (Wildman–Crippen MR) is 100 cm³/mol. The predicted octanol–water partition coefficient (Wildman–Crippen LogP) is 3.59. The molecule has 1 fully saturated rings. The van der Waals surface area contributed by atoms with Crippen molar-refractivity contribution in [3.05, 3.63) is 65.9 Å². The van der Waals surface area contributed by atoms with Crippen LogP contribution in [-0.2, 0) is 10.3 Å². The number of imide groups is 1. The average molecular weight is 364 g/mol. The Balaban J connectivity index is 1.48. The van der Waals surface area contributed by atoms with Crippen molar-refractivity contribution >= 4 is 22.9 Å². The fourth-order valence-corrected chi connectivity index (χ4v) is 3.18. The number of amides is 3. The number of benzene rings is 2. The second-order valence-electron chi connectivity index (χ2n) is 6.82. The van der Waals surface area contributed by atoms with Gasteiger partial charge in [0.15, 0.2) is 5.54 Å². The Labute approximate surface area is 156 Å². The minimum atomic E-state index is -1.22. The van der Waals surface area contributed by atoms with E-state index in [1.165, 1.54) is 4.90 Å². The first-order valence-electron chi connectivity index (χ1n) is 8.80. The minimum absolute atomic E-state index is 0.161. The standard InChI is InChI=1S/C21H20N2O4/c1-14-7-9-16(10-8-14)26-12-11-23-19(24)21(2,22-20(23)25)18-13-15-5-3-4-6-17(15)27-18/h3-10,13H,11-12H2,1-2H3,(H,22,25). The average Bonchev–Trinajstić information content (AvgIpc) is 3.19. The SMILES string of the molecule is Cc1ccc(OCCN2C(=O)NC(C)(c3cc4ccccc4o3)C2=O)cc1. The highest BCUT2D eigenvalue weighted by molar-refractivity contribution is 6.07. The molecule has 0 saturated carbocycles. The number of nitrogens with zero attached hydrogens (tertiary/aromatic N) is 1. The normalized spacial score (nSPS) is 19.6. The molecule has 1 atom stereocenters. The van der Waals surface area contributed by atoms with Gasteiger partial charge in [-0.15, -0.1) is 0 Å². The molecule has 1 unspecified atom stereocenters. The van der Waals surface area contributed by atoms with E-state index in [0.717, 1.165) is 10.9 Å². The lowest BCUT2D eigenvalue weighted by Crippen LogP contribution is -2.41. The van der Waals surface area contributed by atoms with Gasteiger partial charge in [0.25, 0.3) is 5.91 Å². The fourth-order valence-electron chi connectivity index (χ4n) is 3.18. The number of urea groups is 1. The summed E-state index contributed by atoms with van der Waals surface area (Å²) in [6, 6.07) is 16.4. The van der Waals surface area contributed by atoms with Crippen LogP contribution in [0.2, 0.25) is 0 Å². The zero-order valence-electron chi connectivity index (χ0n) is 15.2. The molecule has 0 aliphatic carbocycles. The minimum Gasteiger partial charge on any atom is -0.492 e. The molecule has 3 aromatic rings. The molecule has 2 aromatic carbocycles. The van der Waals surface area contributed by atoms with Gasteiger partial charge in [0.1, 0.15) is 23.7 Å². The van der Waals surface area contributed by atoms with E-state index in [2.05, 4.69) is 5.32 Å². The first-order chi connectivity index (χ1) is 13.0. The van der Waals surface area contributed by atoms with Crippen molar-refractivity contribution in [2.45, 2.75) is 19.4 Å². The van der Waals surface area contributed by atoms with E-state index in [0.29, 0.717) is 17.1 Å². The van der Waals surface area contributed by atoms with Gasteiger partial charge < -0.3 is 14.5 Å². The van der Waals surface area contributed by atoms with Gasteiger partial charge in [0, 0.05) is 5.39 Å². The fraction of sp³-hybridized carbons (Fsp3) is 0.238. The van der Waals surface area contributed by atoms with Crippen molar-refractivity contribution < 1.29 is 18.7 Å².